The molecule has 0 radical (unpaired) electrons. The normalized spacial score (nSPS) is 13.1. The van der Waals surface area contributed by atoms with E-state index < -0.39 is 0 Å². The van der Waals surface area contributed by atoms with Crippen molar-refractivity contribution in [2.45, 2.75) is 553 Å². The molecule has 0 aliphatic heterocycles. The summed E-state index contributed by atoms with van der Waals surface area (Å²) in [5, 5.41) is 0. The van der Waals surface area contributed by atoms with Crippen molar-refractivity contribution in [3.63, 3.8) is 0 Å². The molecule has 0 aromatic carbocycles. The van der Waals surface area contributed by atoms with E-state index in [4.69, 9.17) is 0 Å². The summed E-state index contributed by atoms with van der Waals surface area (Å²) in [4.78, 5) is 0. The van der Waals surface area contributed by atoms with E-state index in [9.17, 15) is 0 Å². The highest BCUT2D eigenvalue weighted by Gasteiger charge is 2.12. The number of rotatable bonds is 80. The molecule has 0 saturated heterocycles. The zero-order valence-electron chi connectivity index (χ0n) is 61.7. The maximum absolute atomic E-state index is 2.32. The Morgan fingerprint density at radius 2 is 0.230 bits per heavy atom. The van der Waals surface area contributed by atoms with E-state index in [0.29, 0.717) is 0 Å². The quantitative estimate of drug-likeness (QED) is 0.0533. The van der Waals surface area contributed by atoms with Crippen LogP contribution in [0, 0.1) is 5.92 Å². The van der Waals surface area contributed by atoms with Gasteiger partial charge in [0.15, 0.2) is 0 Å². The Balaban J connectivity index is 1.58. The number of unbranched alkanes of at least 4 members (excludes halogenated alkanes) is 78. The molecule has 1 saturated carbocycles. The molecule has 0 bridgehead atoms. The Labute approximate surface area is 555 Å². The molecule has 1 aliphatic rings. The molecule has 0 atom stereocenters. The fraction of sp³-hybridized carbons (Fsp3) is 1.00. The van der Waals surface area contributed by atoms with Gasteiger partial charge in [0.2, 0.25) is 0 Å². The monoisotopic (exact) mass is 1220 g/mol. The summed E-state index contributed by atoms with van der Waals surface area (Å²) in [6.45, 7) is 2.32. The molecule has 0 aromatic rings. The highest BCUT2D eigenvalue weighted by atomic mass is 14.2. The summed E-state index contributed by atoms with van der Waals surface area (Å²) in [6.07, 6.45) is 127. The van der Waals surface area contributed by atoms with E-state index in [2.05, 4.69) is 6.92 Å². The predicted octanol–water partition coefficient (Wildman–Crippen LogP) is 33.8. The first-order valence-electron chi connectivity index (χ1n) is 43.4. The van der Waals surface area contributed by atoms with Gasteiger partial charge in [-0.2, -0.15) is 0 Å². The maximum atomic E-state index is 2.32. The molecule has 1 rings (SSSR count). The van der Waals surface area contributed by atoms with Gasteiger partial charge < -0.3 is 0 Å². The van der Waals surface area contributed by atoms with E-state index in [1.165, 1.54) is 527 Å². The van der Waals surface area contributed by atoms with Crippen LogP contribution in [0.4, 0.5) is 0 Å². The van der Waals surface area contributed by atoms with Gasteiger partial charge in [-0.1, -0.05) is 553 Å². The molecule has 0 heteroatoms. The zero-order chi connectivity index (χ0) is 61.7. The van der Waals surface area contributed by atoms with Crippen LogP contribution in [0.1, 0.15) is 553 Å². The third-order valence-electron chi connectivity index (χ3n) is 21.9. The van der Waals surface area contributed by atoms with Crippen LogP contribution in [-0.4, -0.2) is 0 Å². The fourth-order valence-electron chi connectivity index (χ4n) is 15.6. The van der Waals surface area contributed by atoms with E-state index in [1.54, 1.807) is 19.3 Å². The summed E-state index contributed by atoms with van der Waals surface area (Å²) in [5.74, 6) is 1.10. The molecule has 1 fully saturated rings. The highest BCUT2D eigenvalue weighted by Crippen LogP contribution is 2.29. The van der Waals surface area contributed by atoms with Crippen molar-refractivity contribution in [1.29, 1.82) is 0 Å². The van der Waals surface area contributed by atoms with Crippen LogP contribution >= 0.6 is 0 Å². The Kier molecular flexibility index (Phi) is 78.4. The molecule has 0 amide bonds. The van der Waals surface area contributed by atoms with Gasteiger partial charge in [-0.15, -0.1) is 0 Å². The lowest BCUT2D eigenvalue weighted by Gasteiger charge is -2.21. The van der Waals surface area contributed by atoms with Crippen molar-refractivity contribution in [3.05, 3.63) is 0 Å². The van der Waals surface area contributed by atoms with Crippen LogP contribution in [-0.2, 0) is 0 Å². The van der Waals surface area contributed by atoms with Gasteiger partial charge >= 0.3 is 0 Å². The van der Waals surface area contributed by atoms with Crippen molar-refractivity contribution >= 4 is 0 Å². The lowest BCUT2D eigenvalue weighted by atomic mass is 9.85. The summed E-state index contributed by atoms with van der Waals surface area (Å²) in [6, 6.07) is 0. The van der Waals surface area contributed by atoms with Crippen LogP contribution in [0.25, 0.3) is 0 Å². The highest BCUT2D eigenvalue weighted by molar-refractivity contribution is 4.66. The lowest BCUT2D eigenvalue weighted by Crippen LogP contribution is -2.05. The lowest BCUT2D eigenvalue weighted by molar-refractivity contribution is 0.328. The minimum atomic E-state index is 1.10. The van der Waals surface area contributed by atoms with Crippen LogP contribution in [0.15, 0.2) is 0 Å². The Morgan fingerprint density at radius 3 is 0.345 bits per heavy atom. The van der Waals surface area contributed by atoms with Gasteiger partial charge in [0, 0.05) is 0 Å². The summed E-state index contributed by atoms with van der Waals surface area (Å²) < 4.78 is 0. The maximum Gasteiger partial charge on any atom is -0.0414 e. The molecular formula is C87H174. The van der Waals surface area contributed by atoms with Crippen molar-refractivity contribution in [2.75, 3.05) is 0 Å². The van der Waals surface area contributed by atoms with E-state index in [1.807, 2.05) is 0 Å². The molecule has 0 heterocycles. The smallest absolute Gasteiger partial charge is 0.0414 e. The Bertz CT molecular complexity index is 1130. The van der Waals surface area contributed by atoms with Crippen LogP contribution in [0.2, 0.25) is 0 Å². The first kappa shape index (κ1) is 85.0. The predicted molar refractivity (Wildman–Crippen MR) is 402 cm³/mol. The minimum Gasteiger partial charge on any atom is -0.0654 e. The summed E-state index contributed by atoms with van der Waals surface area (Å²) in [5.41, 5.74) is 0. The Hall–Kier alpha value is 0. The molecular weight excluding hydrogens is 1040 g/mol. The average Bonchev–Trinajstić information content (AvgIpc) is 3.54. The summed E-state index contributed by atoms with van der Waals surface area (Å²) in [7, 11) is 0. The van der Waals surface area contributed by atoms with Crippen molar-refractivity contribution in [2.24, 2.45) is 5.92 Å². The summed E-state index contributed by atoms with van der Waals surface area (Å²) >= 11 is 0. The fourth-order valence-corrected chi connectivity index (χ4v) is 15.6. The average molecular weight is 1220 g/mol. The van der Waals surface area contributed by atoms with Gasteiger partial charge in [0.05, 0.1) is 0 Å². The number of hydrogen-bond donors (Lipinski definition) is 0. The van der Waals surface area contributed by atoms with Gasteiger partial charge in [0.25, 0.3) is 0 Å². The van der Waals surface area contributed by atoms with Crippen molar-refractivity contribution < 1.29 is 0 Å². The second-order valence-electron chi connectivity index (χ2n) is 30.9. The first-order chi connectivity index (χ1) is 43.4. The van der Waals surface area contributed by atoms with E-state index >= 15 is 0 Å². The molecule has 0 spiro atoms. The zero-order valence-corrected chi connectivity index (χ0v) is 61.7. The van der Waals surface area contributed by atoms with Gasteiger partial charge in [0.1, 0.15) is 0 Å². The van der Waals surface area contributed by atoms with E-state index in [-0.39, 0.29) is 0 Å². The molecule has 87 heavy (non-hydrogen) atoms. The topological polar surface area (TPSA) is 0 Å². The molecule has 0 aromatic heterocycles. The van der Waals surface area contributed by atoms with Gasteiger partial charge in [-0.25, -0.2) is 0 Å². The van der Waals surface area contributed by atoms with E-state index in [0.717, 1.165) is 5.92 Å². The van der Waals surface area contributed by atoms with Crippen LogP contribution in [0.3, 0.4) is 0 Å². The Morgan fingerprint density at radius 1 is 0.126 bits per heavy atom. The second-order valence-corrected chi connectivity index (χ2v) is 30.9. The third-order valence-corrected chi connectivity index (χ3v) is 21.9. The molecule has 522 valence electrons. The molecule has 0 nitrogen and oxygen atoms in total. The molecule has 1 aliphatic carbocycles. The number of hydrogen-bond acceptors (Lipinski definition) is 0. The standard InChI is InChI=1S/C87H174/c1-2-3-4-5-6-7-8-9-10-11-12-13-14-15-16-17-18-19-20-21-22-23-24-25-26-27-28-29-30-31-32-33-34-35-36-37-38-39-40-41-42-43-44-45-46-47-48-49-50-51-52-53-54-55-56-57-58-59-60-61-62-63-64-65-66-67-68-69-70-71-72-73-74-75-76-77-78-79-81-84-87-85-82-80-83-86-87/h87H,2-86H2,1H3. The molecule has 0 N–H and O–H groups in total. The van der Waals surface area contributed by atoms with Gasteiger partial charge in [-0.05, 0) is 5.92 Å². The van der Waals surface area contributed by atoms with Crippen molar-refractivity contribution in [1.82, 2.24) is 0 Å². The van der Waals surface area contributed by atoms with Crippen molar-refractivity contribution in [3.8, 4) is 0 Å². The SMILES string of the molecule is CCCCCCCCCCCCCCCCCCCCCCCCCCCCCCCCCCCCCCCCCCCCCCCCCCCCCCCCCCCCCCCCCCCCCCCCCCCCCCCCCC1CCCCC1. The van der Waals surface area contributed by atoms with Crippen LogP contribution < -0.4 is 0 Å². The largest absolute Gasteiger partial charge is 0.0654 e. The second kappa shape index (κ2) is 80.2. The molecule has 0 unspecified atom stereocenters. The first-order valence-corrected chi connectivity index (χ1v) is 43.4. The van der Waals surface area contributed by atoms with Crippen LogP contribution in [0.5, 0.6) is 0 Å². The third kappa shape index (κ3) is 76.6. The minimum absolute atomic E-state index is 1.10. The van der Waals surface area contributed by atoms with Gasteiger partial charge in [-0.3, -0.25) is 0 Å².